The zero-order valence-corrected chi connectivity index (χ0v) is 16.5. The SMILES string of the molecule is COC(=O)c1c(SC)cc(-c2cccs2)c2c1-c1ccccc1CCC2. The number of carbonyl (C=O) groups is 1. The van der Waals surface area contributed by atoms with E-state index in [4.69, 9.17) is 4.74 Å². The van der Waals surface area contributed by atoms with Crippen LogP contribution in [0.25, 0.3) is 21.6 Å². The van der Waals surface area contributed by atoms with Crippen molar-refractivity contribution in [2.75, 3.05) is 13.4 Å². The van der Waals surface area contributed by atoms with Crippen LogP contribution in [0.2, 0.25) is 0 Å². The molecule has 4 rings (SSSR count). The largest absolute Gasteiger partial charge is 0.465 e. The molecule has 0 atom stereocenters. The molecule has 0 N–H and O–H groups in total. The molecule has 0 fully saturated rings. The Morgan fingerprint density at radius 2 is 1.96 bits per heavy atom. The summed E-state index contributed by atoms with van der Waals surface area (Å²) < 4.78 is 5.18. The lowest BCUT2D eigenvalue weighted by molar-refractivity contribution is 0.0597. The second kappa shape index (κ2) is 7.29. The average Bonchev–Trinajstić information content (AvgIpc) is 3.14. The fourth-order valence-electron chi connectivity index (χ4n) is 3.81. The van der Waals surface area contributed by atoms with Gasteiger partial charge in [-0.05, 0) is 65.3 Å². The lowest BCUT2D eigenvalue weighted by Crippen LogP contribution is -2.09. The van der Waals surface area contributed by atoms with Crippen LogP contribution >= 0.6 is 23.1 Å². The molecule has 26 heavy (non-hydrogen) atoms. The van der Waals surface area contributed by atoms with E-state index in [0.717, 1.165) is 29.7 Å². The van der Waals surface area contributed by atoms with Gasteiger partial charge in [-0.3, -0.25) is 0 Å². The van der Waals surface area contributed by atoms with Gasteiger partial charge in [0, 0.05) is 15.3 Å². The average molecular weight is 381 g/mol. The quantitative estimate of drug-likeness (QED) is 0.407. The first-order chi connectivity index (χ1) is 12.7. The smallest absolute Gasteiger partial charge is 0.339 e. The van der Waals surface area contributed by atoms with Crippen molar-refractivity contribution in [3.8, 4) is 21.6 Å². The molecular weight excluding hydrogens is 360 g/mol. The normalized spacial score (nSPS) is 12.8. The number of hydrogen-bond donors (Lipinski definition) is 0. The number of thioether (sulfide) groups is 1. The molecule has 1 aliphatic carbocycles. The molecule has 0 saturated carbocycles. The first kappa shape index (κ1) is 17.4. The van der Waals surface area contributed by atoms with Gasteiger partial charge in [0.1, 0.15) is 0 Å². The van der Waals surface area contributed by atoms with Crippen LogP contribution in [-0.4, -0.2) is 19.3 Å². The van der Waals surface area contributed by atoms with Crippen molar-refractivity contribution < 1.29 is 9.53 Å². The van der Waals surface area contributed by atoms with Crippen molar-refractivity contribution in [2.24, 2.45) is 0 Å². The summed E-state index contributed by atoms with van der Waals surface area (Å²) in [5, 5.41) is 2.11. The Hall–Kier alpha value is -2.04. The van der Waals surface area contributed by atoms with E-state index in [0.29, 0.717) is 5.56 Å². The molecule has 2 aromatic carbocycles. The van der Waals surface area contributed by atoms with Gasteiger partial charge in [-0.15, -0.1) is 23.1 Å². The van der Waals surface area contributed by atoms with Crippen molar-refractivity contribution in [3.63, 3.8) is 0 Å². The number of fused-ring (bicyclic) bond motifs is 3. The van der Waals surface area contributed by atoms with Gasteiger partial charge < -0.3 is 4.74 Å². The number of ether oxygens (including phenoxy) is 1. The van der Waals surface area contributed by atoms with E-state index in [-0.39, 0.29) is 5.97 Å². The van der Waals surface area contributed by atoms with Crippen molar-refractivity contribution >= 4 is 29.1 Å². The summed E-state index contributed by atoms with van der Waals surface area (Å²) in [5.74, 6) is -0.250. The topological polar surface area (TPSA) is 26.3 Å². The monoisotopic (exact) mass is 380 g/mol. The number of hydrogen-bond acceptors (Lipinski definition) is 4. The highest BCUT2D eigenvalue weighted by molar-refractivity contribution is 7.98. The number of aryl methyl sites for hydroxylation is 1. The molecule has 0 spiro atoms. The third kappa shape index (κ3) is 2.87. The molecule has 0 bridgehead atoms. The molecule has 1 aliphatic rings. The lowest BCUT2D eigenvalue weighted by atomic mass is 9.88. The molecule has 0 unspecified atom stereocenters. The fourth-order valence-corrected chi connectivity index (χ4v) is 5.21. The molecule has 4 heteroatoms. The minimum atomic E-state index is -0.250. The Morgan fingerprint density at radius 1 is 1.12 bits per heavy atom. The van der Waals surface area contributed by atoms with Crippen molar-refractivity contribution in [1.29, 1.82) is 0 Å². The Balaban J connectivity index is 2.12. The number of esters is 1. The van der Waals surface area contributed by atoms with Gasteiger partial charge in [-0.2, -0.15) is 0 Å². The minimum absolute atomic E-state index is 0.250. The maximum Gasteiger partial charge on any atom is 0.339 e. The zero-order chi connectivity index (χ0) is 18.1. The predicted octanol–water partition coefficient (Wildman–Crippen LogP) is 6.08. The minimum Gasteiger partial charge on any atom is -0.465 e. The zero-order valence-electron chi connectivity index (χ0n) is 14.9. The summed E-state index contributed by atoms with van der Waals surface area (Å²) in [6.45, 7) is 0. The third-order valence-electron chi connectivity index (χ3n) is 4.95. The van der Waals surface area contributed by atoms with Crippen LogP contribution in [-0.2, 0) is 17.6 Å². The Kier molecular flexibility index (Phi) is 4.88. The van der Waals surface area contributed by atoms with Crippen molar-refractivity contribution in [3.05, 3.63) is 64.5 Å². The Morgan fingerprint density at radius 3 is 2.69 bits per heavy atom. The first-order valence-corrected chi connectivity index (χ1v) is 10.8. The highest BCUT2D eigenvalue weighted by Crippen LogP contribution is 2.45. The molecule has 3 aromatic rings. The van der Waals surface area contributed by atoms with Crippen LogP contribution in [0.1, 0.15) is 27.9 Å². The van der Waals surface area contributed by atoms with Crippen LogP contribution < -0.4 is 0 Å². The maximum absolute atomic E-state index is 12.8. The highest BCUT2D eigenvalue weighted by atomic mass is 32.2. The molecule has 0 radical (unpaired) electrons. The number of thiophene rings is 1. The summed E-state index contributed by atoms with van der Waals surface area (Å²) in [6.07, 6.45) is 5.11. The predicted molar refractivity (Wildman–Crippen MR) is 110 cm³/mol. The van der Waals surface area contributed by atoms with E-state index in [2.05, 4.69) is 47.8 Å². The summed E-state index contributed by atoms with van der Waals surface area (Å²) in [6, 6.07) is 14.9. The molecule has 132 valence electrons. The molecule has 2 nitrogen and oxygen atoms in total. The Labute approximate surface area is 162 Å². The van der Waals surface area contributed by atoms with Gasteiger partial charge in [0.2, 0.25) is 0 Å². The van der Waals surface area contributed by atoms with Crippen LogP contribution in [0.5, 0.6) is 0 Å². The van der Waals surface area contributed by atoms with Gasteiger partial charge in [0.05, 0.1) is 12.7 Å². The van der Waals surface area contributed by atoms with Gasteiger partial charge >= 0.3 is 5.97 Å². The van der Waals surface area contributed by atoms with Crippen molar-refractivity contribution in [2.45, 2.75) is 24.2 Å². The van der Waals surface area contributed by atoms with Crippen LogP contribution in [0, 0.1) is 0 Å². The van der Waals surface area contributed by atoms with Crippen molar-refractivity contribution in [1.82, 2.24) is 0 Å². The molecule has 1 heterocycles. The summed E-state index contributed by atoms with van der Waals surface area (Å²) in [4.78, 5) is 15.0. The molecule has 0 saturated heterocycles. The number of benzene rings is 2. The molecular formula is C22H20O2S2. The fraction of sp³-hybridized carbons (Fsp3) is 0.227. The van der Waals surface area contributed by atoms with E-state index in [1.165, 1.54) is 34.2 Å². The van der Waals surface area contributed by atoms with Crippen LogP contribution in [0.3, 0.4) is 0 Å². The van der Waals surface area contributed by atoms with Crippen LogP contribution in [0.15, 0.2) is 52.7 Å². The van der Waals surface area contributed by atoms with E-state index in [9.17, 15) is 4.79 Å². The molecule has 1 aromatic heterocycles. The van der Waals surface area contributed by atoms with Gasteiger partial charge in [0.25, 0.3) is 0 Å². The maximum atomic E-state index is 12.8. The van der Waals surface area contributed by atoms with Crippen LogP contribution in [0.4, 0.5) is 0 Å². The standard InChI is InChI=1S/C22H20O2S2/c1-24-22(23)21-19(25-2)13-17(18-11-6-12-26-18)16-10-5-8-14-7-3-4-9-15(14)20(16)21/h3-4,6-7,9,11-13H,5,8,10H2,1-2H3. The first-order valence-electron chi connectivity index (χ1n) is 8.69. The molecule has 0 amide bonds. The lowest BCUT2D eigenvalue weighted by Gasteiger charge is -2.20. The number of methoxy groups -OCH3 is 1. The van der Waals surface area contributed by atoms with E-state index >= 15 is 0 Å². The second-order valence-corrected chi connectivity index (χ2v) is 8.13. The second-order valence-electron chi connectivity index (χ2n) is 6.33. The summed E-state index contributed by atoms with van der Waals surface area (Å²) >= 11 is 3.36. The highest BCUT2D eigenvalue weighted by Gasteiger charge is 2.27. The van der Waals surface area contributed by atoms with E-state index < -0.39 is 0 Å². The van der Waals surface area contributed by atoms with Gasteiger partial charge in [0.15, 0.2) is 0 Å². The van der Waals surface area contributed by atoms with Gasteiger partial charge in [-0.25, -0.2) is 4.79 Å². The summed E-state index contributed by atoms with van der Waals surface area (Å²) in [5.41, 5.74) is 6.80. The number of carbonyl (C=O) groups excluding carboxylic acids is 1. The molecule has 0 aliphatic heterocycles. The van der Waals surface area contributed by atoms with Gasteiger partial charge in [-0.1, -0.05) is 30.3 Å². The Bertz CT molecular complexity index is 959. The number of rotatable bonds is 3. The summed E-state index contributed by atoms with van der Waals surface area (Å²) in [7, 11) is 1.47. The van der Waals surface area contributed by atoms with E-state index in [1.807, 2.05) is 6.26 Å². The van der Waals surface area contributed by atoms with E-state index in [1.54, 1.807) is 23.1 Å². The third-order valence-corrected chi connectivity index (χ3v) is 6.62.